The number of amides is 1. The fourth-order valence-corrected chi connectivity index (χ4v) is 3.04. The van der Waals surface area contributed by atoms with Crippen LogP contribution in [0.1, 0.15) is 21.6 Å². The molecular weight excluding hydrogens is 324 g/mol. The van der Waals surface area contributed by atoms with Crippen molar-refractivity contribution >= 4 is 17.5 Å². The molecule has 0 atom stereocenters. The van der Waals surface area contributed by atoms with E-state index in [4.69, 9.17) is 11.6 Å². The molecule has 0 aliphatic carbocycles. The normalized spacial score (nSPS) is 13.6. The van der Waals surface area contributed by atoms with E-state index in [-0.39, 0.29) is 5.91 Å². The van der Waals surface area contributed by atoms with Gasteiger partial charge in [0.15, 0.2) is 5.69 Å². The highest BCUT2D eigenvalue weighted by atomic mass is 35.5. The molecule has 2 aromatic carbocycles. The summed E-state index contributed by atoms with van der Waals surface area (Å²) in [5.41, 5.74) is 3.67. The third kappa shape index (κ3) is 2.78. The van der Waals surface area contributed by atoms with Crippen LogP contribution >= 0.6 is 11.6 Å². The molecule has 0 saturated carbocycles. The maximum atomic E-state index is 12.7. The Labute approximate surface area is 144 Å². The zero-order chi connectivity index (χ0) is 16.5. The van der Waals surface area contributed by atoms with Crippen LogP contribution in [0.15, 0.2) is 54.7 Å². The summed E-state index contributed by atoms with van der Waals surface area (Å²) in [6.07, 6.45) is 2.53. The molecule has 0 unspecified atom stereocenters. The number of halogens is 1. The lowest BCUT2D eigenvalue weighted by molar-refractivity contribution is 0.0728. The quantitative estimate of drug-likeness (QED) is 0.721. The summed E-state index contributed by atoms with van der Waals surface area (Å²) < 4.78 is 1.58. The first-order valence-electron chi connectivity index (χ1n) is 7.75. The topological polar surface area (TPSA) is 51.0 Å². The summed E-state index contributed by atoms with van der Waals surface area (Å²) in [4.78, 5) is 14.5. The Morgan fingerprint density at radius 3 is 2.58 bits per heavy atom. The van der Waals surface area contributed by atoms with Crippen LogP contribution < -0.4 is 0 Å². The first-order chi connectivity index (χ1) is 11.7. The maximum Gasteiger partial charge on any atom is 0.276 e. The van der Waals surface area contributed by atoms with Crippen molar-refractivity contribution in [3.63, 3.8) is 0 Å². The molecule has 5 nitrogen and oxygen atoms in total. The minimum absolute atomic E-state index is 0.0929. The lowest BCUT2D eigenvalue weighted by Gasteiger charge is -2.28. The van der Waals surface area contributed by atoms with Crippen molar-refractivity contribution in [3.05, 3.63) is 76.6 Å². The van der Waals surface area contributed by atoms with E-state index >= 15 is 0 Å². The van der Waals surface area contributed by atoms with Crippen molar-refractivity contribution in [3.8, 4) is 5.69 Å². The molecule has 1 amide bonds. The smallest absolute Gasteiger partial charge is 0.276 e. The monoisotopic (exact) mass is 338 g/mol. The second-order valence-corrected chi connectivity index (χ2v) is 6.21. The molecule has 1 aliphatic heterocycles. The summed E-state index contributed by atoms with van der Waals surface area (Å²) in [5, 5.41) is 8.74. The number of hydrogen-bond acceptors (Lipinski definition) is 3. The van der Waals surface area contributed by atoms with E-state index in [2.05, 4.69) is 22.4 Å². The molecule has 6 heteroatoms. The molecule has 0 saturated heterocycles. The molecule has 0 fully saturated rings. The van der Waals surface area contributed by atoms with Crippen LogP contribution in [0, 0.1) is 0 Å². The number of hydrogen-bond donors (Lipinski definition) is 0. The van der Waals surface area contributed by atoms with Crippen LogP contribution in [0.5, 0.6) is 0 Å². The number of benzene rings is 2. The van der Waals surface area contributed by atoms with Gasteiger partial charge in [0.05, 0.1) is 11.9 Å². The van der Waals surface area contributed by atoms with Crippen molar-refractivity contribution in [2.45, 2.75) is 13.0 Å². The van der Waals surface area contributed by atoms with Crippen molar-refractivity contribution in [1.82, 2.24) is 19.9 Å². The molecule has 3 aromatic rings. The third-order valence-corrected chi connectivity index (χ3v) is 4.47. The molecule has 0 spiro atoms. The van der Waals surface area contributed by atoms with Gasteiger partial charge in [0.25, 0.3) is 5.91 Å². The summed E-state index contributed by atoms with van der Waals surface area (Å²) >= 11 is 5.89. The van der Waals surface area contributed by atoms with Crippen molar-refractivity contribution < 1.29 is 4.79 Å². The predicted octanol–water partition coefficient (Wildman–Crippen LogP) is 3.12. The van der Waals surface area contributed by atoms with Crippen molar-refractivity contribution in [2.75, 3.05) is 6.54 Å². The Morgan fingerprint density at radius 2 is 1.79 bits per heavy atom. The van der Waals surface area contributed by atoms with Crippen LogP contribution in [0.3, 0.4) is 0 Å². The number of nitrogens with zero attached hydrogens (tertiary/aromatic N) is 4. The zero-order valence-electron chi connectivity index (χ0n) is 12.9. The van der Waals surface area contributed by atoms with E-state index in [0.717, 1.165) is 12.1 Å². The van der Waals surface area contributed by atoms with Gasteiger partial charge in [0, 0.05) is 18.1 Å². The van der Waals surface area contributed by atoms with Gasteiger partial charge < -0.3 is 4.90 Å². The standard InChI is InChI=1S/C18H15ClN4O/c19-15-5-7-16(8-6-15)23-12-17(20-21-23)18(24)22-10-9-13-3-1-2-4-14(13)11-22/h1-8,12H,9-11H2. The van der Waals surface area contributed by atoms with Crippen LogP contribution in [0.2, 0.25) is 5.02 Å². The number of rotatable bonds is 2. The molecule has 0 bridgehead atoms. The summed E-state index contributed by atoms with van der Waals surface area (Å²) in [7, 11) is 0. The minimum atomic E-state index is -0.0929. The third-order valence-electron chi connectivity index (χ3n) is 4.22. The average molecular weight is 339 g/mol. The van der Waals surface area contributed by atoms with Gasteiger partial charge in [-0.1, -0.05) is 41.1 Å². The number of aromatic nitrogens is 3. The number of fused-ring (bicyclic) bond motifs is 1. The molecule has 4 rings (SSSR count). The molecule has 24 heavy (non-hydrogen) atoms. The molecule has 1 aliphatic rings. The van der Waals surface area contributed by atoms with Gasteiger partial charge in [-0.2, -0.15) is 0 Å². The van der Waals surface area contributed by atoms with Gasteiger partial charge in [0.1, 0.15) is 0 Å². The average Bonchev–Trinajstić information content (AvgIpc) is 3.11. The SMILES string of the molecule is O=C(c1cn(-c2ccc(Cl)cc2)nn1)N1CCc2ccccc2C1. The lowest BCUT2D eigenvalue weighted by Crippen LogP contribution is -2.36. The Morgan fingerprint density at radius 1 is 1.04 bits per heavy atom. The van der Waals surface area contributed by atoms with Gasteiger partial charge in [-0.3, -0.25) is 4.79 Å². The predicted molar refractivity (Wildman–Crippen MR) is 91.3 cm³/mol. The number of carbonyl (C=O) groups is 1. The summed E-state index contributed by atoms with van der Waals surface area (Å²) in [6.45, 7) is 1.31. The van der Waals surface area contributed by atoms with Crippen LogP contribution in [-0.2, 0) is 13.0 Å². The van der Waals surface area contributed by atoms with Gasteiger partial charge in [-0.05, 0) is 41.8 Å². The van der Waals surface area contributed by atoms with Gasteiger partial charge in [-0.15, -0.1) is 5.10 Å². The van der Waals surface area contributed by atoms with Gasteiger partial charge in [-0.25, -0.2) is 4.68 Å². The first-order valence-corrected chi connectivity index (χ1v) is 8.13. The van der Waals surface area contributed by atoms with E-state index in [9.17, 15) is 4.79 Å². The Balaban J connectivity index is 1.55. The first kappa shape index (κ1) is 14.9. The molecule has 0 N–H and O–H groups in total. The van der Waals surface area contributed by atoms with E-state index < -0.39 is 0 Å². The molecular formula is C18H15ClN4O. The van der Waals surface area contributed by atoms with E-state index in [0.29, 0.717) is 23.8 Å². The van der Waals surface area contributed by atoms with Gasteiger partial charge in [0.2, 0.25) is 0 Å². The van der Waals surface area contributed by atoms with Crippen molar-refractivity contribution in [1.29, 1.82) is 0 Å². The maximum absolute atomic E-state index is 12.7. The Kier molecular flexibility index (Phi) is 3.78. The van der Waals surface area contributed by atoms with E-state index in [1.165, 1.54) is 11.1 Å². The van der Waals surface area contributed by atoms with E-state index in [1.54, 1.807) is 23.0 Å². The second kappa shape index (κ2) is 6.09. The molecule has 0 radical (unpaired) electrons. The zero-order valence-corrected chi connectivity index (χ0v) is 13.6. The highest BCUT2D eigenvalue weighted by Crippen LogP contribution is 2.20. The summed E-state index contributed by atoms with van der Waals surface area (Å²) in [5.74, 6) is -0.0929. The fourth-order valence-electron chi connectivity index (χ4n) is 2.91. The van der Waals surface area contributed by atoms with Crippen LogP contribution in [0.4, 0.5) is 0 Å². The fraction of sp³-hybridized carbons (Fsp3) is 0.167. The highest BCUT2D eigenvalue weighted by molar-refractivity contribution is 6.30. The van der Waals surface area contributed by atoms with E-state index in [1.807, 2.05) is 29.2 Å². The van der Waals surface area contributed by atoms with Crippen molar-refractivity contribution in [2.24, 2.45) is 0 Å². The molecule has 2 heterocycles. The molecule has 1 aromatic heterocycles. The number of carbonyl (C=O) groups excluding carboxylic acids is 1. The highest BCUT2D eigenvalue weighted by Gasteiger charge is 2.23. The molecule has 120 valence electrons. The minimum Gasteiger partial charge on any atom is -0.333 e. The second-order valence-electron chi connectivity index (χ2n) is 5.77. The lowest BCUT2D eigenvalue weighted by atomic mass is 10.00. The van der Waals surface area contributed by atoms with Gasteiger partial charge >= 0.3 is 0 Å². The largest absolute Gasteiger partial charge is 0.333 e. The van der Waals surface area contributed by atoms with Crippen LogP contribution in [0.25, 0.3) is 5.69 Å². The van der Waals surface area contributed by atoms with Crippen LogP contribution in [-0.4, -0.2) is 32.3 Å². The Bertz CT molecular complexity index is 888. The Hall–Kier alpha value is -2.66. The summed E-state index contributed by atoms with van der Waals surface area (Å²) in [6, 6.07) is 15.5.